The molecule has 2 aromatic carbocycles. The Labute approximate surface area is 211 Å². The average molecular weight is 491 g/mol. The van der Waals surface area contributed by atoms with Crippen molar-refractivity contribution in [2.45, 2.75) is 12.8 Å². The first kappa shape index (κ1) is 22.4. The fraction of sp³-hybridized carbons (Fsp3) is 0.429. The smallest absolute Gasteiger partial charge is 0.0455 e. The van der Waals surface area contributed by atoms with Crippen LogP contribution in [0.4, 0.5) is 11.4 Å². The summed E-state index contributed by atoms with van der Waals surface area (Å²) in [6, 6.07) is 18.1. The largest absolute Gasteiger partial charge is 0.368 e. The molecular weight excluding hydrogens is 456 g/mol. The lowest BCUT2D eigenvalue weighted by molar-refractivity contribution is 0.227. The van der Waals surface area contributed by atoms with Gasteiger partial charge in [0.25, 0.3) is 0 Å². The predicted molar refractivity (Wildman–Crippen MR) is 150 cm³/mol. The van der Waals surface area contributed by atoms with Crippen molar-refractivity contribution in [1.82, 2.24) is 9.80 Å². The molecule has 178 valence electrons. The highest BCUT2D eigenvalue weighted by atomic mass is 32.1. The molecule has 0 N–H and O–H groups in total. The molecular formula is C28H34N4S2. The van der Waals surface area contributed by atoms with E-state index in [1.165, 1.54) is 83.7 Å². The third-order valence-electron chi connectivity index (χ3n) is 7.57. The van der Waals surface area contributed by atoms with E-state index in [1.807, 2.05) is 22.7 Å². The molecule has 34 heavy (non-hydrogen) atoms. The van der Waals surface area contributed by atoms with Crippen LogP contribution in [-0.2, 0) is 0 Å². The molecule has 2 aliphatic heterocycles. The number of fused-ring (bicyclic) bond motifs is 2. The first-order valence-electron chi connectivity index (χ1n) is 12.7. The minimum atomic E-state index is 1.15. The number of hydrogen-bond acceptors (Lipinski definition) is 6. The van der Waals surface area contributed by atoms with Gasteiger partial charge in [-0.25, -0.2) is 0 Å². The van der Waals surface area contributed by atoms with Gasteiger partial charge in [-0.1, -0.05) is 12.1 Å². The molecule has 0 aliphatic carbocycles. The summed E-state index contributed by atoms with van der Waals surface area (Å²) in [7, 11) is 0. The van der Waals surface area contributed by atoms with Crippen molar-refractivity contribution in [1.29, 1.82) is 0 Å². The lowest BCUT2D eigenvalue weighted by Gasteiger charge is -2.37. The Morgan fingerprint density at radius 3 is 1.41 bits per heavy atom. The zero-order valence-corrected chi connectivity index (χ0v) is 21.5. The maximum atomic E-state index is 2.67. The highest BCUT2D eigenvalue weighted by molar-refractivity contribution is 7.17. The molecule has 0 unspecified atom stereocenters. The van der Waals surface area contributed by atoms with E-state index >= 15 is 0 Å². The summed E-state index contributed by atoms with van der Waals surface area (Å²) in [6.07, 6.45) is 2.63. The number of unbranched alkanes of at least 4 members (excludes halogenated alkanes) is 1. The molecule has 6 rings (SSSR count). The van der Waals surface area contributed by atoms with Gasteiger partial charge in [-0.3, -0.25) is 9.80 Å². The van der Waals surface area contributed by atoms with Crippen LogP contribution in [-0.4, -0.2) is 75.2 Å². The Morgan fingerprint density at radius 2 is 0.971 bits per heavy atom. The molecule has 0 saturated carbocycles. The third kappa shape index (κ3) is 4.69. The Bertz CT molecular complexity index is 1120. The molecule has 4 nitrogen and oxygen atoms in total. The number of nitrogens with zero attached hydrogens (tertiary/aromatic N) is 4. The summed E-state index contributed by atoms with van der Waals surface area (Å²) in [5.74, 6) is 0. The first-order chi connectivity index (χ1) is 16.8. The quantitative estimate of drug-likeness (QED) is 0.302. The fourth-order valence-electron chi connectivity index (χ4n) is 5.60. The van der Waals surface area contributed by atoms with Gasteiger partial charge in [-0.2, -0.15) is 0 Å². The van der Waals surface area contributed by atoms with E-state index in [4.69, 9.17) is 0 Å². The van der Waals surface area contributed by atoms with E-state index in [0.717, 1.165) is 26.2 Å². The van der Waals surface area contributed by atoms with Crippen LogP contribution in [0.1, 0.15) is 12.8 Å². The maximum absolute atomic E-state index is 2.67. The van der Waals surface area contributed by atoms with Crippen LogP contribution in [0.2, 0.25) is 0 Å². The SMILES string of the molecule is c1cc(N2CCN(CCCCN3CCN(c4cccc5sccc45)CC3)CC2)c2ccsc2c1. The third-order valence-corrected chi connectivity index (χ3v) is 9.33. The summed E-state index contributed by atoms with van der Waals surface area (Å²) in [5.41, 5.74) is 2.85. The van der Waals surface area contributed by atoms with E-state index in [1.54, 1.807) is 0 Å². The van der Waals surface area contributed by atoms with Crippen LogP contribution < -0.4 is 9.80 Å². The van der Waals surface area contributed by atoms with Gasteiger partial charge in [0.1, 0.15) is 0 Å². The second-order valence-electron chi connectivity index (χ2n) is 9.58. The van der Waals surface area contributed by atoms with E-state index in [2.05, 4.69) is 78.9 Å². The van der Waals surface area contributed by atoms with Gasteiger partial charge >= 0.3 is 0 Å². The maximum Gasteiger partial charge on any atom is 0.0455 e. The van der Waals surface area contributed by atoms with Gasteiger partial charge in [0.05, 0.1) is 0 Å². The second-order valence-corrected chi connectivity index (χ2v) is 11.5. The zero-order chi connectivity index (χ0) is 22.7. The van der Waals surface area contributed by atoms with E-state index in [-0.39, 0.29) is 0 Å². The van der Waals surface area contributed by atoms with E-state index < -0.39 is 0 Å². The second kappa shape index (κ2) is 10.2. The van der Waals surface area contributed by atoms with Crippen molar-refractivity contribution in [3.8, 4) is 0 Å². The van der Waals surface area contributed by atoms with Crippen LogP contribution in [0.25, 0.3) is 20.2 Å². The van der Waals surface area contributed by atoms with Crippen LogP contribution in [0.5, 0.6) is 0 Å². The molecule has 2 fully saturated rings. The molecule has 0 radical (unpaired) electrons. The molecule has 0 bridgehead atoms. The van der Waals surface area contributed by atoms with Crippen LogP contribution in [0.3, 0.4) is 0 Å². The van der Waals surface area contributed by atoms with E-state index in [9.17, 15) is 0 Å². The van der Waals surface area contributed by atoms with Crippen molar-refractivity contribution in [3.63, 3.8) is 0 Å². The van der Waals surface area contributed by atoms with Crippen molar-refractivity contribution in [2.24, 2.45) is 0 Å². The summed E-state index contributed by atoms with van der Waals surface area (Å²) in [4.78, 5) is 10.5. The fourth-order valence-corrected chi connectivity index (χ4v) is 7.22. The molecule has 4 heterocycles. The first-order valence-corrected chi connectivity index (χ1v) is 14.5. The van der Waals surface area contributed by atoms with Crippen LogP contribution in [0, 0.1) is 0 Å². The van der Waals surface area contributed by atoms with Crippen molar-refractivity contribution in [2.75, 3.05) is 75.2 Å². The summed E-state index contributed by atoms with van der Waals surface area (Å²) < 4.78 is 2.81. The van der Waals surface area contributed by atoms with Crippen molar-refractivity contribution in [3.05, 3.63) is 59.3 Å². The van der Waals surface area contributed by atoms with Gasteiger partial charge in [-0.15, -0.1) is 22.7 Å². The predicted octanol–water partition coefficient (Wildman–Crippen LogP) is 5.84. The summed E-state index contributed by atoms with van der Waals surface area (Å²) in [6.45, 7) is 11.8. The lowest BCUT2D eigenvalue weighted by Crippen LogP contribution is -2.47. The topological polar surface area (TPSA) is 13.0 Å². The minimum absolute atomic E-state index is 1.15. The highest BCUT2D eigenvalue weighted by Gasteiger charge is 2.20. The summed E-state index contributed by atoms with van der Waals surface area (Å²) >= 11 is 3.70. The van der Waals surface area contributed by atoms with Gasteiger partial charge in [0.15, 0.2) is 0 Å². The highest BCUT2D eigenvalue weighted by Crippen LogP contribution is 2.32. The molecule has 2 aromatic heterocycles. The summed E-state index contributed by atoms with van der Waals surface area (Å²) in [5, 5.41) is 7.28. The molecule has 6 heteroatoms. The van der Waals surface area contributed by atoms with E-state index in [0.29, 0.717) is 0 Å². The van der Waals surface area contributed by atoms with Gasteiger partial charge in [0.2, 0.25) is 0 Å². The standard InChI is InChI=1S/C28H34N4S2/c1(11-29-13-17-31(18-14-29)25-5-3-7-27-23(25)9-21-33-27)2-12-30-15-19-32(20-16-30)26-6-4-8-28-24(26)10-22-34-28/h3-10,21-22H,1-2,11-20H2. The molecule has 2 aliphatic rings. The zero-order valence-electron chi connectivity index (χ0n) is 19.9. The molecule has 0 amide bonds. The van der Waals surface area contributed by atoms with Crippen molar-refractivity contribution < 1.29 is 0 Å². The Morgan fingerprint density at radius 1 is 0.529 bits per heavy atom. The number of hydrogen-bond donors (Lipinski definition) is 0. The van der Waals surface area contributed by atoms with Gasteiger partial charge in [-0.05, 0) is 73.1 Å². The molecule has 0 spiro atoms. The average Bonchev–Trinajstić information content (AvgIpc) is 3.57. The number of rotatable bonds is 7. The Kier molecular flexibility index (Phi) is 6.73. The molecule has 2 saturated heterocycles. The van der Waals surface area contributed by atoms with Gasteiger partial charge in [0, 0.05) is 83.9 Å². The number of benzene rings is 2. The normalized spacial score (nSPS) is 18.4. The van der Waals surface area contributed by atoms with Gasteiger partial charge < -0.3 is 9.80 Å². The Balaban J connectivity index is 0.913. The molecule has 4 aromatic rings. The number of anilines is 2. The number of thiophene rings is 2. The number of piperazine rings is 2. The monoisotopic (exact) mass is 490 g/mol. The molecule has 0 atom stereocenters. The minimum Gasteiger partial charge on any atom is -0.368 e. The van der Waals surface area contributed by atoms with Crippen molar-refractivity contribution >= 4 is 54.2 Å². The van der Waals surface area contributed by atoms with Crippen LogP contribution >= 0.6 is 22.7 Å². The Hall–Kier alpha value is -2.12. The lowest BCUT2D eigenvalue weighted by atomic mass is 10.1. The van der Waals surface area contributed by atoms with Crippen LogP contribution in [0.15, 0.2) is 59.3 Å².